The van der Waals surface area contributed by atoms with E-state index in [1.54, 1.807) is 0 Å². The number of carbonyl (C=O) groups is 1. The Morgan fingerprint density at radius 2 is 1.38 bits per heavy atom. The molecule has 0 bridgehead atoms. The largest absolute Gasteiger partial charge is 0.462 e. The average Bonchev–Trinajstić information content (AvgIpc) is 2.55. The number of unbranched alkanes of at least 4 members (excludes halogenated alkanes) is 7. The molecule has 0 radical (unpaired) electrons. The quantitative estimate of drug-likeness (QED) is 0.241. The molecule has 1 rings (SSSR count). The number of benzene rings is 1. The fourth-order valence-corrected chi connectivity index (χ4v) is 2.70. The van der Waals surface area contributed by atoms with E-state index in [1.807, 2.05) is 0 Å². The number of hydrogen-bond acceptors (Lipinski definition) is 2. The summed E-state index contributed by atoms with van der Waals surface area (Å²) in [4.78, 5) is 11.7. The first-order valence-electron chi connectivity index (χ1n) is 8.35. The molecule has 0 unspecified atom stereocenters. The van der Waals surface area contributed by atoms with Crippen LogP contribution in [0.4, 0.5) is 13.2 Å². The molecule has 0 heterocycles. The number of carbonyl (C=O) groups excluding carboxylic acids is 1. The molecule has 0 amide bonds. The number of esters is 1. The maximum atomic E-state index is 12.4. The predicted molar refractivity (Wildman–Crippen MR) is 92.5 cm³/mol. The summed E-state index contributed by atoms with van der Waals surface area (Å²) in [5.41, 5.74) is -0.620. The topological polar surface area (TPSA) is 26.3 Å². The Labute approximate surface area is 149 Å². The third-order valence-electron chi connectivity index (χ3n) is 3.71. The van der Waals surface area contributed by atoms with Crippen molar-refractivity contribution < 1.29 is 22.7 Å². The Kier molecular flexibility index (Phi) is 10.1. The second kappa shape index (κ2) is 11.5. The van der Waals surface area contributed by atoms with Crippen LogP contribution in [0, 0.1) is 0 Å². The van der Waals surface area contributed by atoms with Crippen LogP contribution in [0.25, 0.3) is 0 Å². The minimum Gasteiger partial charge on any atom is -0.462 e. The van der Waals surface area contributed by atoms with Gasteiger partial charge in [-0.15, -0.1) is 0 Å². The smallest absolute Gasteiger partial charge is 0.416 e. The molecule has 0 saturated carbocycles. The summed E-state index contributed by atoms with van der Waals surface area (Å²) in [5.74, 6) is -0.571. The Morgan fingerprint density at radius 1 is 0.875 bits per heavy atom. The minimum absolute atomic E-state index is 0.148. The fraction of sp³-hybridized carbons (Fsp3) is 0.611. The Balaban J connectivity index is 2.12. The van der Waals surface area contributed by atoms with E-state index in [0.717, 1.165) is 48.9 Å². The van der Waals surface area contributed by atoms with Crippen molar-refractivity contribution in [3.05, 3.63) is 35.4 Å². The summed E-state index contributed by atoms with van der Waals surface area (Å²) < 4.78 is 42.4. The van der Waals surface area contributed by atoms with Gasteiger partial charge in [0.25, 0.3) is 0 Å². The van der Waals surface area contributed by atoms with Crippen LogP contribution in [0.15, 0.2) is 24.3 Å². The molecule has 0 aliphatic rings. The average molecular weight is 409 g/mol. The predicted octanol–water partition coefficient (Wildman–Crippen LogP) is 6.38. The van der Waals surface area contributed by atoms with Crippen molar-refractivity contribution in [1.29, 1.82) is 0 Å². The van der Waals surface area contributed by atoms with Crippen molar-refractivity contribution >= 4 is 21.9 Å². The molecule has 2 nitrogen and oxygen atoms in total. The van der Waals surface area contributed by atoms with E-state index in [0.29, 0.717) is 6.61 Å². The van der Waals surface area contributed by atoms with Crippen LogP contribution in [0.2, 0.25) is 0 Å². The third-order valence-corrected chi connectivity index (χ3v) is 4.27. The van der Waals surface area contributed by atoms with E-state index in [9.17, 15) is 18.0 Å². The maximum Gasteiger partial charge on any atom is 0.416 e. The van der Waals surface area contributed by atoms with E-state index in [2.05, 4.69) is 15.9 Å². The van der Waals surface area contributed by atoms with Crippen molar-refractivity contribution in [2.24, 2.45) is 0 Å². The highest BCUT2D eigenvalue weighted by molar-refractivity contribution is 9.09. The lowest BCUT2D eigenvalue weighted by atomic mass is 10.1. The third kappa shape index (κ3) is 8.71. The van der Waals surface area contributed by atoms with Crippen molar-refractivity contribution in [1.82, 2.24) is 0 Å². The number of ether oxygens (including phenoxy) is 1. The summed E-state index contributed by atoms with van der Waals surface area (Å²) in [6.07, 6.45) is 4.67. The first-order chi connectivity index (χ1) is 11.4. The zero-order chi connectivity index (χ0) is 17.8. The molecule has 6 heteroatoms. The number of rotatable bonds is 11. The molecular weight excluding hydrogens is 385 g/mol. The van der Waals surface area contributed by atoms with Gasteiger partial charge in [-0.2, -0.15) is 13.2 Å². The number of halogens is 4. The van der Waals surface area contributed by atoms with Crippen LogP contribution in [-0.2, 0) is 10.9 Å². The lowest BCUT2D eigenvalue weighted by Gasteiger charge is -2.08. The Bertz CT molecular complexity index is 472. The zero-order valence-corrected chi connectivity index (χ0v) is 15.3. The molecule has 0 aromatic heterocycles. The van der Waals surface area contributed by atoms with Crippen LogP contribution in [0.5, 0.6) is 0 Å². The van der Waals surface area contributed by atoms with E-state index in [4.69, 9.17) is 4.74 Å². The van der Waals surface area contributed by atoms with Crippen LogP contribution in [0.3, 0.4) is 0 Å². The van der Waals surface area contributed by atoms with Crippen LogP contribution in [0.1, 0.15) is 67.3 Å². The summed E-state index contributed by atoms with van der Waals surface area (Å²) in [6, 6.07) is 4.09. The second-order valence-corrected chi connectivity index (χ2v) is 6.52. The summed E-state index contributed by atoms with van der Waals surface area (Å²) in [6.45, 7) is 0.309. The van der Waals surface area contributed by atoms with Crippen molar-refractivity contribution in [2.45, 2.75) is 57.5 Å². The van der Waals surface area contributed by atoms with Gasteiger partial charge in [-0.25, -0.2) is 4.79 Å². The van der Waals surface area contributed by atoms with E-state index >= 15 is 0 Å². The highest BCUT2D eigenvalue weighted by Gasteiger charge is 2.30. The van der Waals surface area contributed by atoms with Gasteiger partial charge in [0.15, 0.2) is 0 Å². The van der Waals surface area contributed by atoms with E-state index < -0.39 is 17.7 Å². The van der Waals surface area contributed by atoms with Crippen LogP contribution < -0.4 is 0 Å². The SMILES string of the molecule is O=C(OCCCCCCCCCCBr)c1ccc(C(F)(F)F)cc1. The van der Waals surface area contributed by atoms with Crippen LogP contribution >= 0.6 is 15.9 Å². The first kappa shape index (κ1) is 21.0. The standard InChI is InChI=1S/C18H24BrF3O2/c19-13-7-5-3-1-2-4-6-8-14-24-17(23)15-9-11-16(12-10-15)18(20,21)22/h9-12H,1-8,13-14H2. The molecule has 0 saturated heterocycles. The van der Waals surface area contributed by atoms with Gasteiger partial charge in [0, 0.05) is 5.33 Å². The highest BCUT2D eigenvalue weighted by Crippen LogP contribution is 2.29. The lowest BCUT2D eigenvalue weighted by molar-refractivity contribution is -0.137. The summed E-state index contributed by atoms with van der Waals surface area (Å²) in [7, 11) is 0. The monoisotopic (exact) mass is 408 g/mol. The molecule has 1 aromatic rings. The molecule has 24 heavy (non-hydrogen) atoms. The molecule has 0 aliphatic heterocycles. The van der Waals surface area contributed by atoms with Gasteiger partial charge in [-0.3, -0.25) is 0 Å². The van der Waals surface area contributed by atoms with E-state index in [1.165, 1.54) is 32.1 Å². The highest BCUT2D eigenvalue weighted by atomic mass is 79.9. The molecule has 1 aromatic carbocycles. The van der Waals surface area contributed by atoms with Crippen molar-refractivity contribution in [3.8, 4) is 0 Å². The number of alkyl halides is 4. The molecule has 0 N–H and O–H groups in total. The van der Waals surface area contributed by atoms with Gasteiger partial charge in [0.05, 0.1) is 17.7 Å². The molecular formula is C18H24BrF3O2. The molecule has 0 fully saturated rings. The van der Waals surface area contributed by atoms with Crippen molar-refractivity contribution in [3.63, 3.8) is 0 Å². The molecule has 0 atom stereocenters. The number of hydrogen-bond donors (Lipinski definition) is 0. The summed E-state index contributed by atoms with van der Waals surface area (Å²) >= 11 is 3.41. The zero-order valence-electron chi connectivity index (χ0n) is 13.7. The van der Waals surface area contributed by atoms with Crippen LogP contribution in [-0.4, -0.2) is 17.9 Å². The van der Waals surface area contributed by atoms with Gasteiger partial charge in [-0.05, 0) is 37.1 Å². The van der Waals surface area contributed by atoms with Gasteiger partial charge in [0.1, 0.15) is 0 Å². The van der Waals surface area contributed by atoms with Crippen molar-refractivity contribution in [2.75, 3.05) is 11.9 Å². The van der Waals surface area contributed by atoms with Gasteiger partial charge in [-0.1, -0.05) is 54.5 Å². The maximum absolute atomic E-state index is 12.4. The molecule has 0 spiro atoms. The van der Waals surface area contributed by atoms with E-state index in [-0.39, 0.29) is 5.56 Å². The molecule has 0 aliphatic carbocycles. The Morgan fingerprint density at radius 3 is 1.88 bits per heavy atom. The fourth-order valence-electron chi connectivity index (χ4n) is 2.30. The first-order valence-corrected chi connectivity index (χ1v) is 9.47. The minimum atomic E-state index is -4.39. The van der Waals surface area contributed by atoms with Gasteiger partial charge in [0.2, 0.25) is 0 Å². The molecule has 136 valence electrons. The Hall–Kier alpha value is -1.04. The normalized spacial score (nSPS) is 11.5. The second-order valence-electron chi connectivity index (χ2n) is 5.73. The summed E-state index contributed by atoms with van der Waals surface area (Å²) in [5, 5.41) is 1.07. The van der Waals surface area contributed by atoms with Gasteiger partial charge < -0.3 is 4.74 Å². The lowest BCUT2D eigenvalue weighted by Crippen LogP contribution is -2.08. The van der Waals surface area contributed by atoms with Gasteiger partial charge >= 0.3 is 12.1 Å².